The first kappa shape index (κ1) is 16.2. The number of amides is 1. The minimum absolute atomic E-state index is 0.0969. The molecule has 2 saturated heterocycles. The lowest BCUT2D eigenvalue weighted by Crippen LogP contribution is -2.55. The van der Waals surface area contributed by atoms with Crippen LogP contribution in [0.5, 0.6) is 0 Å². The molecule has 4 rings (SSSR count). The number of morpholine rings is 1. The highest BCUT2D eigenvalue weighted by Gasteiger charge is 2.37. The zero-order valence-corrected chi connectivity index (χ0v) is 14.4. The van der Waals surface area contributed by atoms with Crippen LogP contribution in [0.3, 0.4) is 0 Å². The Balaban J connectivity index is 1.49. The van der Waals surface area contributed by atoms with Crippen LogP contribution in [-0.2, 0) is 9.53 Å². The first-order valence-electron chi connectivity index (χ1n) is 8.83. The molecule has 2 fully saturated rings. The lowest BCUT2D eigenvalue weighted by Gasteiger charge is -2.41. The van der Waals surface area contributed by atoms with Crippen LogP contribution >= 0.6 is 0 Å². The van der Waals surface area contributed by atoms with Crippen LogP contribution < -0.4 is 4.90 Å². The van der Waals surface area contributed by atoms with Gasteiger partial charge in [0.2, 0.25) is 5.91 Å². The van der Waals surface area contributed by atoms with Gasteiger partial charge in [-0.05, 0) is 31.9 Å². The van der Waals surface area contributed by atoms with E-state index in [9.17, 15) is 4.79 Å². The Kier molecular flexibility index (Phi) is 4.50. The van der Waals surface area contributed by atoms with Gasteiger partial charge >= 0.3 is 0 Å². The third kappa shape index (κ3) is 3.29. The summed E-state index contributed by atoms with van der Waals surface area (Å²) in [5.74, 6) is 1.63. The summed E-state index contributed by atoms with van der Waals surface area (Å²) in [5, 5.41) is 7.08. The van der Waals surface area contributed by atoms with Crippen molar-refractivity contribution in [2.45, 2.75) is 31.9 Å². The van der Waals surface area contributed by atoms with Gasteiger partial charge in [0.25, 0.3) is 0 Å². The molecule has 7 heteroatoms. The molecule has 25 heavy (non-hydrogen) atoms. The molecule has 0 bridgehead atoms. The van der Waals surface area contributed by atoms with Crippen molar-refractivity contribution in [3.63, 3.8) is 0 Å². The number of carbonyl (C=O) groups is 1. The minimum atomic E-state index is -0.182. The maximum atomic E-state index is 13.1. The second-order valence-electron chi connectivity index (χ2n) is 6.62. The lowest BCUT2D eigenvalue weighted by molar-refractivity contribution is -0.129. The van der Waals surface area contributed by atoms with E-state index < -0.39 is 0 Å². The van der Waals surface area contributed by atoms with Crippen LogP contribution in [0.4, 0.5) is 5.69 Å². The van der Waals surface area contributed by atoms with Crippen molar-refractivity contribution in [2.24, 2.45) is 0 Å². The molecule has 2 aromatic rings. The molecular formula is C18H23N5O2. The molecule has 7 nitrogen and oxygen atoms in total. The predicted octanol–water partition coefficient (Wildman–Crippen LogP) is 1.68. The third-order valence-electron chi connectivity index (χ3n) is 4.92. The number of H-pyrrole nitrogens is 1. The second-order valence-corrected chi connectivity index (χ2v) is 6.62. The summed E-state index contributed by atoms with van der Waals surface area (Å²) in [7, 11) is 0. The van der Waals surface area contributed by atoms with E-state index in [-0.39, 0.29) is 18.1 Å². The molecule has 2 aliphatic heterocycles. The molecule has 2 atom stereocenters. The number of carbonyl (C=O) groups excluding carboxylic acids is 1. The maximum Gasteiger partial charge on any atom is 0.244 e. The van der Waals surface area contributed by atoms with Crippen molar-refractivity contribution in [3.8, 4) is 0 Å². The van der Waals surface area contributed by atoms with Crippen LogP contribution in [0.2, 0.25) is 0 Å². The topological polar surface area (TPSA) is 74.3 Å². The van der Waals surface area contributed by atoms with Crippen LogP contribution in [0.25, 0.3) is 0 Å². The number of benzene rings is 1. The molecular weight excluding hydrogens is 318 g/mol. The van der Waals surface area contributed by atoms with E-state index in [0.29, 0.717) is 19.0 Å². The molecule has 0 spiro atoms. The van der Waals surface area contributed by atoms with Gasteiger partial charge in [-0.2, -0.15) is 5.10 Å². The second kappa shape index (κ2) is 6.93. The Morgan fingerprint density at radius 2 is 2.08 bits per heavy atom. The molecule has 2 unspecified atom stereocenters. The molecule has 1 N–H and O–H groups in total. The van der Waals surface area contributed by atoms with E-state index in [2.05, 4.69) is 20.1 Å². The van der Waals surface area contributed by atoms with E-state index in [1.807, 2.05) is 42.2 Å². The van der Waals surface area contributed by atoms with Gasteiger partial charge in [0, 0.05) is 25.3 Å². The molecule has 0 saturated carbocycles. The number of nitrogens with zero attached hydrogens (tertiary/aromatic N) is 4. The summed E-state index contributed by atoms with van der Waals surface area (Å²) in [4.78, 5) is 21.6. The van der Waals surface area contributed by atoms with Gasteiger partial charge in [0.05, 0.1) is 12.6 Å². The first-order chi connectivity index (χ1) is 12.2. The zero-order chi connectivity index (χ0) is 17.2. The third-order valence-corrected chi connectivity index (χ3v) is 4.92. The number of anilines is 1. The van der Waals surface area contributed by atoms with Crippen LogP contribution in [-0.4, -0.2) is 58.3 Å². The van der Waals surface area contributed by atoms with Crippen LogP contribution in [0.1, 0.15) is 30.6 Å². The summed E-state index contributed by atoms with van der Waals surface area (Å²) < 4.78 is 5.83. The summed E-state index contributed by atoms with van der Waals surface area (Å²) in [6.07, 6.45) is 1.72. The predicted molar refractivity (Wildman–Crippen MR) is 93.2 cm³/mol. The van der Waals surface area contributed by atoms with E-state index >= 15 is 0 Å². The quantitative estimate of drug-likeness (QED) is 0.919. The summed E-state index contributed by atoms with van der Waals surface area (Å²) in [6.45, 7) is 4.66. The Morgan fingerprint density at radius 3 is 2.84 bits per heavy atom. The molecule has 2 aliphatic rings. The van der Waals surface area contributed by atoms with Crippen molar-refractivity contribution < 1.29 is 9.53 Å². The molecule has 1 aromatic carbocycles. The number of hydrogen-bond donors (Lipinski definition) is 1. The number of aromatic nitrogens is 3. The Hall–Kier alpha value is -2.25. The van der Waals surface area contributed by atoms with Gasteiger partial charge in [-0.25, -0.2) is 4.98 Å². The molecule has 132 valence electrons. The van der Waals surface area contributed by atoms with Crippen molar-refractivity contribution in [1.29, 1.82) is 0 Å². The number of nitrogens with one attached hydrogen (secondary N) is 1. The standard InChI is InChI=1S/C18H23N5O2/c1-13-19-17(21-20-13)16-12-22(10-11-25-16)15-8-5-9-23(18(15)24)14-6-3-2-4-7-14/h2-4,6-7,15-16H,5,8-12H2,1H3,(H,19,20,21). The fraction of sp³-hybridized carbons (Fsp3) is 0.500. The average Bonchev–Trinajstić information content (AvgIpc) is 3.09. The smallest absolute Gasteiger partial charge is 0.244 e. The van der Waals surface area contributed by atoms with Crippen molar-refractivity contribution in [2.75, 3.05) is 31.1 Å². The Morgan fingerprint density at radius 1 is 1.24 bits per heavy atom. The summed E-state index contributed by atoms with van der Waals surface area (Å²) in [6, 6.07) is 9.82. The Labute approximate surface area is 147 Å². The van der Waals surface area contributed by atoms with E-state index in [1.54, 1.807) is 0 Å². The van der Waals surface area contributed by atoms with Crippen molar-refractivity contribution in [3.05, 3.63) is 42.0 Å². The summed E-state index contributed by atoms with van der Waals surface area (Å²) >= 11 is 0. The number of rotatable bonds is 3. The van der Waals surface area contributed by atoms with E-state index in [1.165, 1.54) is 0 Å². The normalized spacial score (nSPS) is 25.3. The number of aryl methyl sites for hydroxylation is 1. The Bertz CT molecular complexity index is 732. The van der Waals surface area contributed by atoms with Gasteiger partial charge in [-0.3, -0.25) is 14.8 Å². The number of aromatic amines is 1. The van der Waals surface area contributed by atoms with Gasteiger partial charge in [-0.1, -0.05) is 18.2 Å². The van der Waals surface area contributed by atoms with E-state index in [4.69, 9.17) is 4.74 Å². The summed E-state index contributed by atoms with van der Waals surface area (Å²) in [5.41, 5.74) is 0.978. The minimum Gasteiger partial charge on any atom is -0.367 e. The number of hydrogen-bond acceptors (Lipinski definition) is 5. The maximum absolute atomic E-state index is 13.1. The molecule has 3 heterocycles. The van der Waals surface area contributed by atoms with Crippen molar-refractivity contribution in [1.82, 2.24) is 20.1 Å². The highest BCUT2D eigenvalue weighted by molar-refractivity contribution is 5.97. The number of piperidine rings is 1. The fourth-order valence-electron chi connectivity index (χ4n) is 3.67. The average molecular weight is 341 g/mol. The molecule has 1 aromatic heterocycles. The largest absolute Gasteiger partial charge is 0.367 e. The lowest BCUT2D eigenvalue weighted by atomic mass is 10.0. The monoisotopic (exact) mass is 341 g/mol. The SMILES string of the molecule is Cc1nc(C2CN(C3CCCN(c4ccccc4)C3=O)CCO2)n[nH]1. The van der Waals surface area contributed by atoms with Gasteiger partial charge in [0.15, 0.2) is 5.82 Å². The molecule has 1 amide bonds. The van der Waals surface area contributed by atoms with Crippen LogP contribution in [0, 0.1) is 6.92 Å². The van der Waals surface area contributed by atoms with Gasteiger partial charge in [0.1, 0.15) is 11.9 Å². The van der Waals surface area contributed by atoms with Gasteiger partial charge < -0.3 is 9.64 Å². The zero-order valence-electron chi connectivity index (χ0n) is 14.4. The van der Waals surface area contributed by atoms with Gasteiger partial charge in [-0.15, -0.1) is 0 Å². The first-order valence-corrected chi connectivity index (χ1v) is 8.83. The fourth-order valence-corrected chi connectivity index (χ4v) is 3.67. The van der Waals surface area contributed by atoms with Crippen LogP contribution in [0.15, 0.2) is 30.3 Å². The number of para-hydroxylation sites is 1. The highest BCUT2D eigenvalue weighted by Crippen LogP contribution is 2.27. The van der Waals surface area contributed by atoms with E-state index in [0.717, 1.165) is 37.4 Å². The van der Waals surface area contributed by atoms with Crippen molar-refractivity contribution >= 4 is 11.6 Å². The number of ether oxygens (including phenoxy) is 1. The molecule has 0 radical (unpaired) electrons. The highest BCUT2D eigenvalue weighted by atomic mass is 16.5. The molecule has 0 aliphatic carbocycles.